The largest absolute Gasteiger partial charge is 0.390 e. The first-order chi connectivity index (χ1) is 8.85. The second-order valence-electron chi connectivity index (χ2n) is 5.73. The summed E-state index contributed by atoms with van der Waals surface area (Å²) in [4.78, 5) is 2.23. The quantitative estimate of drug-likeness (QED) is 0.752. The van der Waals surface area contributed by atoms with E-state index in [4.69, 9.17) is 0 Å². The topological polar surface area (TPSA) is 60.9 Å². The first kappa shape index (κ1) is 16.9. The predicted octanol–water partition coefficient (Wildman–Crippen LogP) is 0.751. The zero-order chi connectivity index (χ0) is 14.5. The Morgan fingerprint density at radius 3 is 2.47 bits per heavy atom. The maximum Gasteiger partial charge on any atom is 0.213 e. The Morgan fingerprint density at radius 2 is 1.95 bits per heavy atom. The molecule has 0 amide bonds. The molecule has 1 rings (SSSR count). The molecule has 0 aromatic rings. The minimum absolute atomic E-state index is 0.150. The van der Waals surface area contributed by atoms with Gasteiger partial charge in [0.1, 0.15) is 0 Å². The molecule has 1 aliphatic heterocycles. The number of hydrogen-bond acceptors (Lipinski definition) is 4. The van der Waals surface area contributed by atoms with Gasteiger partial charge in [-0.2, -0.15) is 0 Å². The van der Waals surface area contributed by atoms with Crippen LogP contribution in [0, 0.1) is 5.92 Å². The molecular formula is C13H28N2O3S. The molecule has 1 heterocycles. The summed E-state index contributed by atoms with van der Waals surface area (Å²) in [5.41, 5.74) is 0. The third-order valence-electron chi connectivity index (χ3n) is 3.75. The molecule has 114 valence electrons. The Labute approximate surface area is 117 Å². The van der Waals surface area contributed by atoms with Crippen LogP contribution in [0.15, 0.2) is 0 Å². The van der Waals surface area contributed by atoms with E-state index in [1.165, 1.54) is 4.31 Å². The lowest BCUT2D eigenvalue weighted by Gasteiger charge is -2.32. The highest BCUT2D eigenvalue weighted by Gasteiger charge is 2.22. The van der Waals surface area contributed by atoms with Crippen molar-refractivity contribution in [2.24, 2.45) is 5.92 Å². The van der Waals surface area contributed by atoms with E-state index in [9.17, 15) is 13.5 Å². The molecule has 0 bridgehead atoms. The molecule has 0 aromatic carbocycles. The van der Waals surface area contributed by atoms with Crippen LogP contribution in [0.3, 0.4) is 0 Å². The number of aliphatic hydroxyl groups is 1. The monoisotopic (exact) mass is 292 g/mol. The molecule has 0 spiro atoms. The molecule has 19 heavy (non-hydrogen) atoms. The van der Waals surface area contributed by atoms with Gasteiger partial charge in [-0.15, -0.1) is 0 Å². The summed E-state index contributed by atoms with van der Waals surface area (Å²) in [6, 6.07) is 0. The Bertz CT molecular complexity index is 351. The summed E-state index contributed by atoms with van der Waals surface area (Å²) >= 11 is 0. The second kappa shape index (κ2) is 7.57. The Balaban J connectivity index is 2.36. The SMILES string of the molecule is CCCS(=O)(=O)N(C)CC(O)CN1CCC(C)CC1. The molecule has 1 saturated heterocycles. The van der Waals surface area contributed by atoms with E-state index in [0.29, 0.717) is 13.0 Å². The summed E-state index contributed by atoms with van der Waals surface area (Å²) in [7, 11) is -1.65. The lowest BCUT2D eigenvalue weighted by Crippen LogP contribution is -2.43. The van der Waals surface area contributed by atoms with Crippen LogP contribution in [0.2, 0.25) is 0 Å². The van der Waals surface area contributed by atoms with Crippen molar-refractivity contribution in [2.75, 3.05) is 39.0 Å². The van der Waals surface area contributed by atoms with E-state index in [-0.39, 0.29) is 12.3 Å². The van der Waals surface area contributed by atoms with Gasteiger partial charge in [-0.25, -0.2) is 12.7 Å². The maximum atomic E-state index is 11.8. The Morgan fingerprint density at radius 1 is 1.37 bits per heavy atom. The van der Waals surface area contributed by atoms with Gasteiger partial charge < -0.3 is 10.0 Å². The highest BCUT2D eigenvalue weighted by atomic mass is 32.2. The summed E-state index contributed by atoms with van der Waals surface area (Å²) in [6.07, 6.45) is 2.32. The number of sulfonamides is 1. The number of rotatable bonds is 7. The molecule has 5 nitrogen and oxygen atoms in total. The van der Waals surface area contributed by atoms with E-state index in [2.05, 4.69) is 11.8 Å². The van der Waals surface area contributed by atoms with Crippen molar-refractivity contribution in [1.82, 2.24) is 9.21 Å². The van der Waals surface area contributed by atoms with E-state index < -0.39 is 16.1 Å². The van der Waals surface area contributed by atoms with Crippen LogP contribution < -0.4 is 0 Å². The Hall–Kier alpha value is -0.170. The fourth-order valence-electron chi connectivity index (χ4n) is 2.42. The number of β-amino-alcohol motifs (C(OH)–C–C–N with tert-alkyl or cyclic N) is 1. The molecule has 0 aliphatic carbocycles. The number of nitrogens with zero attached hydrogens (tertiary/aromatic N) is 2. The van der Waals surface area contributed by atoms with Crippen LogP contribution in [0.25, 0.3) is 0 Å². The van der Waals surface area contributed by atoms with Crippen LogP contribution in [0.1, 0.15) is 33.1 Å². The molecular weight excluding hydrogens is 264 g/mol. The number of hydrogen-bond donors (Lipinski definition) is 1. The second-order valence-corrected chi connectivity index (χ2v) is 7.93. The fourth-order valence-corrected chi connectivity index (χ4v) is 3.65. The molecule has 0 saturated carbocycles. The lowest BCUT2D eigenvalue weighted by atomic mass is 9.99. The number of likely N-dealkylation sites (tertiary alicyclic amines) is 1. The van der Waals surface area contributed by atoms with E-state index in [0.717, 1.165) is 31.8 Å². The third kappa shape index (κ3) is 5.77. The van der Waals surface area contributed by atoms with E-state index in [1.807, 2.05) is 6.92 Å². The Kier molecular flexibility index (Phi) is 6.73. The van der Waals surface area contributed by atoms with Gasteiger partial charge in [-0.05, 0) is 38.3 Å². The molecule has 1 N–H and O–H groups in total. The zero-order valence-corrected chi connectivity index (χ0v) is 13.2. The molecule has 1 unspecified atom stereocenters. The highest BCUT2D eigenvalue weighted by molar-refractivity contribution is 7.89. The fraction of sp³-hybridized carbons (Fsp3) is 1.00. The molecule has 1 aliphatic rings. The van der Waals surface area contributed by atoms with Crippen LogP contribution >= 0.6 is 0 Å². The van der Waals surface area contributed by atoms with Gasteiger partial charge in [0.15, 0.2) is 0 Å². The van der Waals surface area contributed by atoms with Crippen molar-refractivity contribution in [2.45, 2.75) is 39.2 Å². The van der Waals surface area contributed by atoms with Crippen molar-refractivity contribution < 1.29 is 13.5 Å². The van der Waals surface area contributed by atoms with Gasteiger partial charge in [0.25, 0.3) is 0 Å². The summed E-state index contributed by atoms with van der Waals surface area (Å²) in [5.74, 6) is 0.915. The van der Waals surface area contributed by atoms with E-state index >= 15 is 0 Å². The minimum Gasteiger partial charge on any atom is -0.390 e. The molecule has 1 atom stereocenters. The zero-order valence-electron chi connectivity index (χ0n) is 12.4. The van der Waals surface area contributed by atoms with Crippen LogP contribution in [0.4, 0.5) is 0 Å². The normalized spacial score (nSPS) is 20.9. The van der Waals surface area contributed by atoms with Gasteiger partial charge >= 0.3 is 0 Å². The first-order valence-electron chi connectivity index (χ1n) is 7.19. The third-order valence-corrected chi connectivity index (χ3v) is 5.77. The molecule has 0 radical (unpaired) electrons. The van der Waals surface area contributed by atoms with Gasteiger partial charge in [0, 0.05) is 20.1 Å². The van der Waals surface area contributed by atoms with Crippen LogP contribution in [0.5, 0.6) is 0 Å². The summed E-state index contributed by atoms with van der Waals surface area (Å²) < 4.78 is 24.9. The highest BCUT2D eigenvalue weighted by Crippen LogP contribution is 2.16. The smallest absolute Gasteiger partial charge is 0.213 e. The average molecular weight is 292 g/mol. The van der Waals surface area contributed by atoms with Gasteiger partial charge in [-0.3, -0.25) is 0 Å². The number of aliphatic hydroxyl groups excluding tert-OH is 1. The van der Waals surface area contributed by atoms with Gasteiger partial charge in [0.2, 0.25) is 10.0 Å². The van der Waals surface area contributed by atoms with E-state index in [1.54, 1.807) is 7.05 Å². The average Bonchev–Trinajstić information content (AvgIpc) is 2.32. The molecule has 0 aromatic heterocycles. The lowest BCUT2D eigenvalue weighted by molar-refractivity contribution is 0.0813. The van der Waals surface area contributed by atoms with Gasteiger partial charge in [0.05, 0.1) is 11.9 Å². The molecule has 6 heteroatoms. The first-order valence-corrected chi connectivity index (χ1v) is 8.80. The van der Waals surface area contributed by atoms with Crippen molar-refractivity contribution >= 4 is 10.0 Å². The minimum atomic E-state index is -3.20. The number of piperidine rings is 1. The predicted molar refractivity (Wildman–Crippen MR) is 77.6 cm³/mol. The van der Waals surface area contributed by atoms with Crippen molar-refractivity contribution in [1.29, 1.82) is 0 Å². The summed E-state index contributed by atoms with van der Waals surface area (Å²) in [6.45, 7) is 6.86. The van der Waals surface area contributed by atoms with Crippen molar-refractivity contribution in [3.05, 3.63) is 0 Å². The van der Waals surface area contributed by atoms with Crippen LogP contribution in [-0.4, -0.2) is 67.8 Å². The maximum absolute atomic E-state index is 11.8. The standard InChI is InChI=1S/C13H28N2O3S/c1-4-9-19(17,18)14(3)10-13(16)11-15-7-5-12(2)6-8-15/h12-13,16H,4-11H2,1-3H3. The van der Waals surface area contributed by atoms with Crippen molar-refractivity contribution in [3.8, 4) is 0 Å². The number of likely N-dealkylation sites (N-methyl/N-ethyl adjacent to an activating group) is 1. The van der Waals surface area contributed by atoms with Crippen LogP contribution in [-0.2, 0) is 10.0 Å². The summed E-state index contributed by atoms with van der Waals surface area (Å²) in [5, 5.41) is 10.0. The van der Waals surface area contributed by atoms with Gasteiger partial charge in [-0.1, -0.05) is 13.8 Å². The molecule has 1 fully saturated rings. The van der Waals surface area contributed by atoms with Crippen molar-refractivity contribution in [3.63, 3.8) is 0 Å².